The third kappa shape index (κ3) is 4.07. The van der Waals surface area contributed by atoms with Crippen LogP contribution in [0.1, 0.15) is 36.1 Å². The molecule has 8 nitrogen and oxygen atoms in total. The molecule has 2 aromatic rings. The van der Waals surface area contributed by atoms with E-state index in [4.69, 9.17) is 9.47 Å². The molecular formula is C21H29N5O3. The Morgan fingerprint density at radius 2 is 2.03 bits per heavy atom. The fraction of sp³-hybridized carbons (Fsp3) is 0.571. The highest BCUT2D eigenvalue weighted by Crippen LogP contribution is 2.32. The number of aromatic nitrogens is 3. The van der Waals surface area contributed by atoms with E-state index in [2.05, 4.69) is 26.7 Å². The first-order valence-corrected chi connectivity index (χ1v) is 10.2. The second kappa shape index (κ2) is 8.41. The molecule has 0 bridgehead atoms. The molecule has 8 heteroatoms. The van der Waals surface area contributed by atoms with Crippen LogP contribution in [-0.2, 0) is 17.8 Å². The maximum Gasteiger partial charge on any atom is 0.261 e. The number of nitrogens with zero attached hydrogens (tertiary/aromatic N) is 5. The van der Waals surface area contributed by atoms with Crippen molar-refractivity contribution in [1.82, 2.24) is 24.6 Å². The lowest BCUT2D eigenvalue weighted by atomic mass is 10.2. The molecule has 1 amide bonds. The van der Waals surface area contributed by atoms with Crippen molar-refractivity contribution in [3.63, 3.8) is 0 Å². The van der Waals surface area contributed by atoms with Gasteiger partial charge in [0.1, 0.15) is 5.82 Å². The summed E-state index contributed by atoms with van der Waals surface area (Å²) in [6.45, 7) is 5.52. The van der Waals surface area contributed by atoms with Crippen molar-refractivity contribution in [3.05, 3.63) is 35.4 Å². The minimum atomic E-state index is -0.0318. The highest BCUT2D eigenvalue weighted by molar-refractivity contribution is 5.78. The molecule has 3 heterocycles. The Balaban J connectivity index is 1.47. The molecule has 1 unspecified atom stereocenters. The van der Waals surface area contributed by atoms with Gasteiger partial charge in [-0.2, -0.15) is 0 Å². The Labute approximate surface area is 171 Å². The number of fused-ring (bicyclic) bond motifs is 1. The van der Waals surface area contributed by atoms with E-state index in [0.717, 1.165) is 62.7 Å². The minimum absolute atomic E-state index is 0.0142. The van der Waals surface area contributed by atoms with E-state index in [1.54, 1.807) is 7.11 Å². The number of hydrogen-bond acceptors (Lipinski definition) is 6. The number of aryl methyl sites for hydroxylation is 1. The molecule has 1 fully saturated rings. The topological polar surface area (TPSA) is 72.7 Å². The molecule has 0 N–H and O–H groups in total. The average molecular weight is 399 g/mol. The Morgan fingerprint density at radius 1 is 1.17 bits per heavy atom. The maximum atomic E-state index is 13.0. The molecule has 4 rings (SSSR count). The van der Waals surface area contributed by atoms with Crippen molar-refractivity contribution >= 4 is 5.91 Å². The highest BCUT2D eigenvalue weighted by Gasteiger charge is 2.34. The largest absolute Gasteiger partial charge is 0.493 e. The van der Waals surface area contributed by atoms with Crippen LogP contribution in [0.2, 0.25) is 0 Å². The van der Waals surface area contributed by atoms with E-state index >= 15 is 0 Å². The molecule has 2 aliphatic rings. The summed E-state index contributed by atoms with van der Waals surface area (Å²) >= 11 is 0. The van der Waals surface area contributed by atoms with Gasteiger partial charge in [-0.1, -0.05) is 6.07 Å². The third-order valence-corrected chi connectivity index (χ3v) is 5.82. The number of carbonyl (C=O) groups is 1. The lowest BCUT2D eigenvalue weighted by Gasteiger charge is -2.25. The summed E-state index contributed by atoms with van der Waals surface area (Å²) in [4.78, 5) is 17.2. The predicted octanol–water partition coefficient (Wildman–Crippen LogP) is 1.83. The van der Waals surface area contributed by atoms with Crippen molar-refractivity contribution in [2.24, 2.45) is 0 Å². The van der Waals surface area contributed by atoms with Gasteiger partial charge in [0.15, 0.2) is 23.9 Å². The number of likely N-dealkylation sites (tertiary alicyclic amines) is 1. The van der Waals surface area contributed by atoms with Crippen molar-refractivity contribution < 1.29 is 14.3 Å². The zero-order chi connectivity index (χ0) is 20.4. The molecule has 0 spiro atoms. The van der Waals surface area contributed by atoms with E-state index in [-0.39, 0.29) is 18.6 Å². The van der Waals surface area contributed by atoms with Crippen LogP contribution >= 0.6 is 0 Å². The Morgan fingerprint density at radius 3 is 2.86 bits per heavy atom. The van der Waals surface area contributed by atoms with Crippen LogP contribution in [-0.4, -0.2) is 70.9 Å². The standard InChI is InChI=1S/C21H29N5O3/c1-15-6-7-17(18(13-15)28-3)29-14-20(27)25-9-4-5-16(25)21-23-22-19-8-10-24(2)11-12-26(19)21/h6-7,13,16H,4-5,8-12,14H2,1-3H3. The molecule has 156 valence electrons. The molecule has 0 aliphatic carbocycles. The van der Waals surface area contributed by atoms with Gasteiger partial charge in [-0.25, -0.2) is 0 Å². The van der Waals surface area contributed by atoms with Crippen LogP contribution in [0.25, 0.3) is 0 Å². The fourth-order valence-corrected chi connectivity index (χ4v) is 4.15. The van der Waals surface area contributed by atoms with Gasteiger partial charge in [-0.3, -0.25) is 4.79 Å². The van der Waals surface area contributed by atoms with Gasteiger partial charge in [-0.05, 0) is 44.5 Å². The summed E-state index contributed by atoms with van der Waals surface area (Å²) in [6, 6.07) is 5.66. The average Bonchev–Trinajstić information content (AvgIpc) is 3.31. The first kappa shape index (κ1) is 19.7. The number of likely N-dealkylation sites (N-methyl/N-ethyl adjacent to an activating group) is 1. The highest BCUT2D eigenvalue weighted by atomic mass is 16.5. The summed E-state index contributed by atoms with van der Waals surface area (Å²) in [5.74, 6) is 3.13. The number of hydrogen-bond donors (Lipinski definition) is 0. The molecular weight excluding hydrogens is 370 g/mol. The van der Waals surface area contributed by atoms with E-state index in [9.17, 15) is 4.79 Å². The number of rotatable bonds is 5. The molecule has 2 aliphatic heterocycles. The van der Waals surface area contributed by atoms with Gasteiger partial charge in [-0.15, -0.1) is 10.2 Å². The Hall–Kier alpha value is -2.61. The van der Waals surface area contributed by atoms with Crippen molar-refractivity contribution in [1.29, 1.82) is 0 Å². The second-order valence-electron chi connectivity index (χ2n) is 7.87. The normalized spacial score (nSPS) is 19.7. The SMILES string of the molecule is COc1cc(C)ccc1OCC(=O)N1CCCC1c1nnc2n1CCN(C)CC2. The van der Waals surface area contributed by atoms with Gasteiger partial charge in [0.2, 0.25) is 0 Å². The molecule has 1 saturated heterocycles. The van der Waals surface area contributed by atoms with Gasteiger partial charge >= 0.3 is 0 Å². The van der Waals surface area contributed by atoms with Crippen LogP contribution in [0.3, 0.4) is 0 Å². The van der Waals surface area contributed by atoms with Crippen molar-refractivity contribution in [3.8, 4) is 11.5 Å². The van der Waals surface area contributed by atoms with Crippen LogP contribution in [0.5, 0.6) is 11.5 Å². The summed E-state index contributed by atoms with van der Waals surface area (Å²) in [5.41, 5.74) is 1.08. The molecule has 1 aromatic carbocycles. The summed E-state index contributed by atoms with van der Waals surface area (Å²) in [6.07, 6.45) is 2.76. The quantitative estimate of drug-likeness (QED) is 0.764. The molecule has 1 atom stereocenters. The zero-order valence-corrected chi connectivity index (χ0v) is 17.4. The zero-order valence-electron chi connectivity index (χ0n) is 17.4. The number of ether oxygens (including phenoxy) is 2. The molecule has 0 saturated carbocycles. The van der Waals surface area contributed by atoms with Crippen LogP contribution in [0.15, 0.2) is 18.2 Å². The van der Waals surface area contributed by atoms with Gasteiger partial charge in [0.05, 0.1) is 13.2 Å². The number of amides is 1. The third-order valence-electron chi connectivity index (χ3n) is 5.82. The van der Waals surface area contributed by atoms with Crippen LogP contribution in [0.4, 0.5) is 0 Å². The van der Waals surface area contributed by atoms with Crippen LogP contribution in [0, 0.1) is 6.92 Å². The first-order valence-electron chi connectivity index (χ1n) is 10.2. The molecule has 0 radical (unpaired) electrons. The number of benzene rings is 1. The Bertz CT molecular complexity index is 881. The smallest absolute Gasteiger partial charge is 0.261 e. The van der Waals surface area contributed by atoms with E-state index in [0.29, 0.717) is 11.5 Å². The van der Waals surface area contributed by atoms with Gasteiger partial charge < -0.3 is 23.8 Å². The van der Waals surface area contributed by atoms with Crippen molar-refractivity contribution in [2.75, 3.05) is 40.4 Å². The Kier molecular flexibility index (Phi) is 5.71. The summed E-state index contributed by atoms with van der Waals surface area (Å²) in [5, 5.41) is 8.89. The maximum absolute atomic E-state index is 13.0. The number of methoxy groups -OCH3 is 1. The summed E-state index contributed by atoms with van der Waals surface area (Å²) in [7, 11) is 3.73. The first-order chi connectivity index (χ1) is 14.1. The van der Waals surface area contributed by atoms with E-state index in [1.807, 2.05) is 30.0 Å². The lowest BCUT2D eigenvalue weighted by Crippen LogP contribution is -2.36. The minimum Gasteiger partial charge on any atom is -0.493 e. The predicted molar refractivity (Wildman–Crippen MR) is 108 cm³/mol. The van der Waals surface area contributed by atoms with E-state index in [1.165, 1.54) is 0 Å². The van der Waals surface area contributed by atoms with E-state index < -0.39 is 0 Å². The van der Waals surface area contributed by atoms with Gasteiger partial charge in [0.25, 0.3) is 5.91 Å². The van der Waals surface area contributed by atoms with Gasteiger partial charge in [0, 0.05) is 32.6 Å². The van der Waals surface area contributed by atoms with Crippen molar-refractivity contribution in [2.45, 2.75) is 38.8 Å². The second-order valence-corrected chi connectivity index (χ2v) is 7.87. The molecule has 29 heavy (non-hydrogen) atoms. The fourth-order valence-electron chi connectivity index (χ4n) is 4.15. The monoisotopic (exact) mass is 399 g/mol. The summed E-state index contributed by atoms with van der Waals surface area (Å²) < 4.78 is 13.4. The molecule has 1 aromatic heterocycles. The lowest BCUT2D eigenvalue weighted by molar-refractivity contribution is -0.134. The van der Waals surface area contributed by atoms with Crippen LogP contribution < -0.4 is 9.47 Å². The number of carbonyl (C=O) groups excluding carboxylic acids is 1.